The molecule has 5 heteroatoms. The predicted octanol–water partition coefficient (Wildman–Crippen LogP) is 4.70. The molecule has 4 nitrogen and oxygen atoms in total. The summed E-state index contributed by atoms with van der Waals surface area (Å²) in [6.07, 6.45) is 7.52. The maximum absolute atomic E-state index is 11.2. The van der Waals surface area contributed by atoms with Crippen molar-refractivity contribution < 1.29 is 13.0 Å². The van der Waals surface area contributed by atoms with E-state index in [9.17, 15) is 8.42 Å². The Labute approximate surface area is 151 Å². The van der Waals surface area contributed by atoms with Gasteiger partial charge in [0.25, 0.3) is 0 Å². The molecule has 0 spiro atoms. The minimum absolute atomic E-state index is 0.509. The van der Waals surface area contributed by atoms with Crippen molar-refractivity contribution in [1.82, 2.24) is 0 Å². The van der Waals surface area contributed by atoms with Crippen LogP contribution < -0.4 is 4.72 Å². The first kappa shape index (κ1) is 17.3. The molecule has 3 unspecified atom stereocenters. The third-order valence-corrected chi connectivity index (χ3v) is 8.26. The first-order valence-corrected chi connectivity index (χ1v) is 11.0. The van der Waals surface area contributed by atoms with Gasteiger partial charge in [-0.3, -0.25) is 9.27 Å². The maximum Gasteiger partial charge on any atom is 0.357 e. The van der Waals surface area contributed by atoms with Crippen LogP contribution in [0.5, 0.6) is 0 Å². The molecular weight excluding hydrogens is 334 g/mol. The number of anilines is 1. The molecule has 138 valence electrons. The van der Waals surface area contributed by atoms with Gasteiger partial charge in [-0.1, -0.05) is 19.9 Å². The Morgan fingerprint density at radius 1 is 1.20 bits per heavy atom. The van der Waals surface area contributed by atoms with Crippen molar-refractivity contribution in [3.63, 3.8) is 0 Å². The van der Waals surface area contributed by atoms with Crippen LogP contribution in [0.4, 0.5) is 5.69 Å². The number of rotatable bonds is 2. The molecule has 0 aromatic heterocycles. The van der Waals surface area contributed by atoms with E-state index in [1.165, 1.54) is 43.2 Å². The fourth-order valence-corrected chi connectivity index (χ4v) is 6.74. The molecule has 1 aromatic rings. The third kappa shape index (κ3) is 2.80. The van der Waals surface area contributed by atoms with Gasteiger partial charge in [-0.2, -0.15) is 8.42 Å². The Morgan fingerprint density at radius 3 is 2.68 bits per heavy atom. The van der Waals surface area contributed by atoms with Crippen LogP contribution in [-0.4, -0.2) is 13.0 Å². The molecule has 2 saturated carbocycles. The van der Waals surface area contributed by atoms with E-state index in [1.807, 2.05) is 13.0 Å². The van der Waals surface area contributed by atoms with Crippen molar-refractivity contribution in [3.05, 3.63) is 28.8 Å². The highest BCUT2D eigenvalue weighted by molar-refractivity contribution is 7.87. The van der Waals surface area contributed by atoms with Crippen molar-refractivity contribution in [1.29, 1.82) is 0 Å². The average Bonchev–Trinajstić information content (AvgIpc) is 2.82. The first-order chi connectivity index (χ1) is 11.7. The molecule has 25 heavy (non-hydrogen) atoms. The molecule has 0 bridgehead atoms. The van der Waals surface area contributed by atoms with Gasteiger partial charge in [0.2, 0.25) is 0 Å². The van der Waals surface area contributed by atoms with E-state index in [1.54, 1.807) is 0 Å². The van der Waals surface area contributed by atoms with Gasteiger partial charge in [-0.25, -0.2) is 0 Å². The fraction of sp³-hybridized carbons (Fsp3) is 0.700. The van der Waals surface area contributed by atoms with E-state index < -0.39 is 10.3 Å². The van der Waals surface area contributed by atoms with Gasteiger partial charge in [-0.15, -0.1) is 0 Å². The normalized spacial score (nSPS) is 37.1. The van der Waals surface area contributed by atoms with E-state index in [-0.39, 0.29) is 0 Å². The standard InChI is InChI=1S/C20H29NO3S/c1-12-10-17-14(11-19(12)21-25(22,23)24)5-6-16-15(17)8-9-20(3)13(2)4-7-18(16)20/h10-11,13,15-16,18,21H,4-9H2,1-3H3,(H,22,23,24)/t13-,15?,16?,18?,20+/m0/s1. The highest BCUT2D eigenvalue weighted by Crippen LogP contribution is 2.62. The lowest BCUT2D eigenvalue weighted by Crippen LogP contribution is -2.41. The van der Waals surface area contributed by atoms with Crippen LogP contribution in [0, 0.1) is 30.1 Å². The summed E-state index contributed by atoms with van der Waals surface area (Å²) < 4.78 is 33.7. The average molecular weight is 364 g/mol. The number of hydrogen-bond donors (Lipinski definition) is 2. The second kappa shape index (κ2) is 5.71. The summed E-state index contributed by atoms with van der Waals surface area (Å²) in [4.78, 5) is 0. The number of aryl methyl sites for hydroxylation is 2. The molecule has 2 N–H and O–H groups in total. The maximum atomic E-state index is 11.2. The van der Waals surface area contributed by atoms with Crippen LogP contribution in [0.2, 0.25) is 0 Å². The second-order valence-electron chi connectivity index (χ2n) is 8.88. The third-order valence-electron chi connectivity index (χ3n) is 7.78. The van der Waals surface area contributed by atoms with Gasteiger partial charge in [0, 0.05) is 0 Å². The SMILES string of the molecule is Cc1cc2c(cc1NS(=O)(=O)O)CCC1C2CC[C@@]2(C)C1CC[C@@H]2C. The lowest BCUT2D eigenvalue weighted by molar-refractivity contribution is 0.0337. The van der Waals surface area contributed by atoms with Crippen molar-refractivity contribution in [2.24, 2.45) is 23.2 Å². The first-order valence-electron chi connectivity index (χ1n) is 9.57. The summed E-state index contributed by atoms with van der Waals surface area (Å²) in [7, 11) is -4.23. The number of nitrogens with one attached hydrogen (secondary N) is 1. The summed E-state index contributed by atoms with van der Waals surface area (Å²) in [5, 5.41) is 0. The molecule has 1 aromatic carbocycles. The minimum Gasteiger partial charge on any atom is -0.269 e. The summed E-state index contributed by atoms with van der Waals surface area (Å²) in [6.45, 7) is 6.88. The van der Waals surface area contributed by atoms with Crippen LogP contribution in [0.1, 0.15) is 68.6 Å². The molecule has 0 aliphatic heterocycles. The van der Waals surface area contributed by atoms with Gasteiger partial charge in [0.05, 0.1) is 5.69 Å². The topological polar surface area (TPSA) is 66.4 Å². The zero-order valence-corrected chi connectivity index (χ0v) is 16.2. The molecule has 5 atom stereocenters. The largest absolute Gasteiger partial charge is 0.357 e. The van der Waals surface area contributed by atoms with E-state index >= 15 is 0 Å². The Hall–Kier alpha value is -1.07. The van der Waals surface area contributed by atoms with Gasteiger partial charge < -0.3 is 0 Å². The lowest BCUT2D eigenvalue weighted by Gasteiger charge is -2.50. The molecule has 3 aliphatic rings. The predicted molar refractivity (Wildman–Crippen MR) is 100 cm³/mol. The lowest BCUT2D eigenvalue weighted by atomic mass is 9.54. The van der Waals surface area contributed by atoms with E-state index in [2.05, 4.69) is 24.6 Å². The molecule has 0 heterocycles. The summed E-state index contributed by atoms with van der Waals surface area (Å²) in [5.74, 6) is 3.06. The van der Waals surface area contributed by atoms with Crippen LogP contribution in [0.15, 0.2) is 12.1 Å². The summed E-state index contributed by atoms with van der Waals surface area (Å²) in [5.41, 5.74) is 4.60. The van der Waals surface area contributed by atoms with E-state index in [4.69, 9.17) is 4.55 Å². The Kier molecular flexibility index (Phi) is 3.97. The Morgan fingerprint density at radius 2 is 1.96 bits per heavy atom. The number of benzene rings is 1. The Bertz CT molecular complexity index is 803. The molecule has 2 fully saturated rings. The van der Waals surface area contributed by atoms with E-state index in [0.29, 0.717) is 17.0 Å². The van der Waals surface area contributed by atoms with Gasteiger partial charge in [0.15, 0.2) is 0 Å². The molecule has 0 saturated heterocycles. The second-order valence-corrected chi connectivity index (χ2v) is 10.0. The van der Waals surface area contributed by atoms with Crippen molar-refractivity contribution >= 4 is 16.0 Å². The van der Waals surface area contributed by atoms with Gasteiger partial charge in [-0.05, 0) is 97.3 Å². The van der Waals surface area contributed by atoms with Gasteiger partial charge >= 0.3 is 10.3 Å². The Balaban J connectivity index is 1.68. The van der Waals surface area contributed by atoms with Crippen molar-refractivity contribution in [3.8, 4) is 0 Å². The molecule has 0 amide bonds. The molecule has 0 radical (unpaired) electrons. The zero-order valence-electron chi connectivity index (χ0n) is 15.4. The van der Waals surface area contributed by atoms with E-state index in [0.717, 1.165) is 29.7 Å². The quantitative estimate of drug-likeness (QED) is 0.748. The van der Waals surface area contributed by atoms with Crippen molar-refractivity contribution in [2.75, 3.05) is 4.72 Å². The number of fused-ring (bicyclic) bond motifs is 5. The summed E-state index contributed by atoms with van der Waals surface area (Å²) >= 11 is 0. The highest BCUT2D eigenvalue weighted by atomic mass is 32.2. The highest BCUT2D eigenvalue weighted by Gasteiger charge is 2.53. The fourth-order valence-electron chi connectivity index (χ4n) is 6.25. The van der Waals surface area contributed by atoms with Crippen LogP contribution in [-0.2, 0) is 16.7 Å². The van der Waals surface area contributed by atoms with Crippen LogP contribution >= 0.6 is 0 Å². The zero-order chi connectivity index (χ0) is 18.0. The smallest absolute Gasteiger partial charge is 0.269 e. The van der Waals surface area contributed by atoms with Gasteiger partial charge in [0.1, 0.15) is 0 Å². The molecular formula is C20H29NO3S. The molecule has 4 rings (SSSR count). The van der Waals surface area contributed by atoms with Crippen LogP contribution in [0.3, 0.4) is 0 Å². The summed E-state index contributed by atoms with van der Waals surface area (Å²) in [6, 6.07) is 4.11. The molecule has 3 aliphatic carbocycles. The monoisotopic (exact) mass is 363 g/mol. The minimum atomic E-state index is -4.23. The van der Waals surface area contributed by atoms with Crippen molar-refractivity contribution in [2.45, 2.75) is 65.2 Å². The number of hydrogen-bond acceptors (Lipinski definition) is 2. The van der Waals surface area contributed by atoms with Crippen LogP contribution in [0.25, 0.3) is 0 Å².